The number of carbonyl (C=O) groups excluding carboxylic acids is 2. The molecular weight excluding hydrogens is 613 g/mol. The van der Waals surface area contributed by atoms with Gasteiger partial charge in [0.05, 0.1) is 40.9 Å². The summed E-state index contributed by atoms with van der Waals surface area (Å²) in [5, 5.41) is 14.9. The Hall–Kier alpha value is -4.14. The molecule has 3 N–H and O–H groups in total. The second kappa shape index (κ2) is 13.5. The SMILES string of the molecule is Cc1ccc(S(=O)(=O)N(C)C[C@H]2Oc3c(NC(=O)Nc4ccc(C(F)(F)F)cc4)cccc3C(=O)N([C@@H](C)CO)C[C@H]2C)cc1. The number of hydrogen-bond acceptors (Lipinski definition) is 6. The van der Waals surface area contributed by atoms with E-state index in [4.69, 9.17) is 4.74 Å². The Balaban J connectivity index is 1.65. The first-order valence-electron chi connectivity index (χ1n) is 14.1. The number of nitrogens with zero attached hydrogens (tertiary/aromatic N) is 2. The minimum absolute atomic E-state index is 0.0158. The number of rotatable bonds is 8. The second-order valence-corrected chi connectivity index (χ2v) is 13.1. The number of ether oxygens (including phenoxy) is 1. The van der Waals surface area contributed by atoms with E-state index in [1.54, 1.807) is 26.0 Å². The number of hydrogen-bond donors (Lipinski definition) is 3. The fraction of sp³-hybridized carbons (Fsp3) is 0.355. The van der Waals surface area contributed by atoms with E-state index in [9.17, 15) is 36.3 Å². The number of halogens is 3. The third kappa shape index (κ3) is 7.75. The number of fused-ring (bicyclic) bond motifs is 1. The van der Waals surface area contributed by atoms with Gasteiger partial charge in [-0.15, -0.1) is 0 Å². The lowest BCUT2D eigenvalue weighted by Gasteiger charge is -2.38. The van der Waals surface area contributed by atoms with Crippen LogP contribution in [0.5, 0.6) is 5.75 Å². The molecule has 10 nitrogen and oxygen atoms in total. The minimum atomic E-state index is -4.53. The lowest BCUT2D eigenvalue weighted by Crippen LogP contribution is -2.50. The number of para-hydroxylation sites is 1. The van der Waals surface area contributed by atoms with Gasteiger partial charge in [-0.2, -0.15) is 17.5 Å². The molecule has 1 aliphatic rings. The number of aliphatic hydroxyl groups excluding tert-OH is 1. The lowest BCUT2D eigenvalue weighted by molar-refractivity contribution is -0.137. The standard InChI is InChI=1S/C31H35F3N4O6S/c1-19-8-14-24(15-9-19)45(42,43)37(4)17-27-20(2)16-38(21(3)18-39)29(40)25-6-5-7-26(28(25)44-27)36-30(41)35-23-12-10-22(11-13-23)31(32,33)34/h5-15,20-21,27,39H,16-18H2,1-4H3,(H2,35,36,41)/t20-,21+,27-/m1/s1. The van der Waals surface area contributed by atoms with Gasteiger partial charge in [0.15, 0.2) is 5.75 Å². The van der Waals surface area contributed by atoms with Gasteiger partial charge in [0, 0.05) is 25.2 Å². The summed E-state index contributed by atoms with van der Waals surface area (Å²) >= 11 is 0. The van der Waals surface area contributed by atoms with Crippen LogP contribution in [0.1, 0.15) is 35.3 Å². The molecule has 0 spiro atoms. The van der Waals surface area contributed by atoms with E-state index in [2.05, 4.69) is 10.6 Å². The van der Waals surface area contributed by atoms with E-state index >= 15 is 0 Å². The maximum Gasteiger partial charge on any atom is 0.416 e. The predicted octanol–water partition coefficient (Wildman–Crippen LogP) is 5.20. The molecule has 0 saturated heterocycles. The number of amides is 3. The molecule has 0 aromatic heterocycles. The lowest BCUT2D eigenvalue weighted by atomic mass is 9.99. The summed E-state index contributed by atoms with van der Waals surface area (Å²) in [6, 6.07) is 13.4. The first kappa shape index (κ1) is 33.7. The predicted molar refractivity (Wildman–Crippen MR) is 163 cm³/mol. The molecule has 14 heteroatoms. The smallest absolute Gasteiger partial charge is 0.416 e. The Labute approximate surface area is 259 Å². The number of benzene rings is 3. The average Bonchev–Trinajstić information content (AvgIpc) is 2.98. The summed E-state index contributed by atoms with van der Waals surface area (Å²) < 4.78 is 73.1. The molecule has 3 aromatic carbocycles. The summed E-state index contributed by atoms with van der Waals surface area (Å²) in [7, 11) is -2.49. The van der Waals surface area contributed by atoms with Gasteiger partial charge in [-0.1, -0.05) is 30.7 Å². The van der Waals surface area contributed by atoms with E-state index in [1.165, 1.54) is 42.3 Å². The quantitative estimate of drug-likeness (QED) is 0.308. The van der Waals surface area contributed by atoms with Crippen molar-refractivity contribution in [3.63, 3.8) is 0 Å². The zero-order valence-electron chi connectivity index (χ0n) is 25.1. The first-order valence-corrected chi connectivity index (χ1v) is 15.6. The van der Waals surface area contributed by atoms with Crippen LogP contribution in [0.2, 0.25) is 0 Å². The fourth-order valence-corrected chi connectivity index (χ4v) is 6.01. The highest BCUT2D eigenvalue weighted by molar-refractivity contribution is 7.89. The minimum Gasteiger partial charge on any atom is -0.486 e. The van der Waals surface area contributed by atoms with Gasteiger partial charge < -0.3 is 25.4 Å². The highest BCUT2D eigenvalue weighted by atomic mass is 32.2. The monoisotopic (exact) mass is 648 g/mol. The van der Waals surface area contributed by atoms with E-state index in [1.807, 2.05) is 6.92 Å². The van der Waals surface area contributed by atoms with Gasteiger partial charge in [0.25, 0.3) is 5.91 Å². The maximum absolute atomic E-state index is 13.7. The van der Waals surface area contributed by atoms with Crippen molar-refractivity contribution in [3.8, 4) is 5.75 Å². The van der Waals surface area contributed by atoms with Crippen molar-refractivity contribution in [2.75, 3.05) is 37.4 Å². The van der Waals surface area contributed by atoms with Crippen LogP contribution in [0.3, 0.4) is 0 Å². The number of carbonyl (C=O) groups is 2. The molecule has 0 aliphatic carbocycles. The molecule has 0 unspecified atom stereocenters. The molecule has 242 valence electrons. The molecule has 0 fully saturated rings. The number of urea groups is 1. The van der Waals surface area contributed by atoms with E-state index in [0.717, 1.165) is 34.1 Å². The van der Waals surface area contributed by atoms with Crippen LogP contribution in [0.25, 0.3) is 0 Å². The third-order valence-corrected chi connectivity index (χ3v) is 9.41. The largest absolute Gasteiger partial charge is 0.486 e. The Kier molecular flexibility index (Phi) is 10.1. The Bertz CT molecular complexity index is 1630. The Morgan fingerprint density at radius 3 is 2.33 bits per heavy atom. The van der Waals surface area contributed by atoms with E-state index < -0.39 is 51.8 Å². The molecule has 3 amide bonds. The van der Waals surface area contributed by atoms with Gasteiger partial charge >= 0.3 is 12.2 Å². The van der Waals surface area contributed by atoms with Crippen molar-refractivity contribution < 1.29 is 41.0 Å². The molecule has 4 rings (SSSR count). The van der Waals surface area contributed by atoms with Crippen molar-refractivity contribution in [2.45, 2.75) is 44.0 Å². The van der Waals surface area contributed by atoms with Crippen LogP contribution in [0.4, 0.5) is 29.3 Å². The average molecular weight is 649 g/mol. The molecule has 0 radical (unpaired) electrons. The second-order valence-electron chi connectivity index (χ2n) is 11.1. The van der Waals surface area contributed by atoms with E-state index in [0.29, 0.717) is 0 Å². The number of alkyl halides is 3. The fourth-order valence-electron chi connectivity index (χ4n) is 4.83. The van der Waals surface area contributed by atoms with Crippen LogP contribution in [-0.4, -0.2) is 73.6 Å². The van der Waals surface area contributed by atoms with Crippen LogP contribution >= 0.6 is 0 Å². The van der Waals surface area contributed by atoms with Gasteiger partial charge in [-0.3, -0.25) is 4.79 Å². The molecule has 1 aliphatic heterocycles. The highest BCUT2D eigenvalue weighted by Gasteiger charge is 2.36. The number of likely N-dealkylation sites (N-methyl/N-ethyl adjacent to an activating group) is 1. The van der Waals surface area contributed by atoms with Gasteiger partial charge in [0.1, 0.15) is 6.10 Å². The Morgan fingerprint density at radius 1 is 1.09 bits per heavy atom. The van der Waals surface area contributed by atoms with Crippen molar-refractivity contribution in [2.24, 2.45) is 5.92 Å². The van der Waals surface area contributed by atoms with Crippen LogP contribution in [0, 0.1) is 12.8 Å². The number of nitrogens with one attached hydrogen (secondary N) is 2. The van der Waals surface area contributed by atoms with Crippen LogP contribution < -0.4 is 15.4 Å². The molecular formula is C31H35F3N4O6S. The normalized spacial score (nSPS) is 18.0. The third-order valence-electron chi connectivity index (χ3n) is 7.58. The van der Waals surface area contributed by atoms with Crippen molar-refractivity contribution >= 4 is 33.3 Å². The zero-order valence-corrected chi connectivity index (χ0v) is 25.9. The molecule has 0 saturated carbocycles. The maximum atomic E-state index is 13.7. The van der Waals surface area contributed by atoms with Gasteiger partial charge in [0.2, 0.25) is 10.0 Å². The number of aliphatic hydroxyl groups is 1. The molecule has 0 bridgehead atoms. The highest BCUT2D eigenvalue weighted by Crippen LogP contribution is 2.36. The number of anilines is 2. The summed E-state index contributed by atoms with van der Waals surface area (Å²) in [4.78, 5) is 28.2. The first-order chi connectivity index (χ1) is 21.1. The number of sulfonamides is 1. The van der Waals surface area contributed by atoms with Crippen LogP contribution in [-0.2, 0) is 16.2 Å². The molecule has 3 atom stereocenters. The topological polar surface area (TPSA) is 128 Å². The van der Waals surface area contributed by atoms with Crippen molar-refractivity contribution in [1.29, 1.82) is 0 Å². The number of aryl methyl sites for hydroxylation is 1. The summed E-state index contributed by atoms with van der Waals surface area (Å²) in [5.41, 5.74) is 0.263. The molecule has 3 aromatic rings. The van der Waals surface area contributed by atoms with Crippen LogP contribution in [0.15, 0.2) is 71.6 Å². The molecule has 45 heavy (non-hydrogen) atoms. The van der Waals surface area contributed by atoms with Crippen molar-refractivity contribution in [3.05, 3.63) is 83.4 Å². The molecule has 1 heterocycles. The summed E-state index contributed by atoms with van der Waals surface area (Å²) in [6.07, 6.45) is -5.34. The van der Waals surface area contributed by atoms with Gasteiger partial charge in [-0.05, 0) is 62.4 Å². The summed E-state index contributed by atoms with van der Waals surface area (Å²) in [5.74, 6) is -0.914. The van der Waals surface area contributed by atoms with Crippen molar-refractivity contribution in [1.82, 2.24) is 9.21 Å². The van der Waals surface area contributed by atoms with E-state index in [-0.39, 0.29) is 47.3 Å². The summed E-state index contributed by atoms with van der Waals surface area (Å²) in [6.45, 7) is 5.02. The Morgan fingerprint density at radius 2 is 1.73 bits per heavy atom. The zero-order chi connectivity index (χ0) is 33.1. The van der Waals surface area contributed by atoms with Gasteiger partial charge in [-0.25, -0.2) is 13.2 Å².